The minimum atomic E-state index is -0.286. The van der Waals surface area contributed by atoms with Crippen molar-refractivity contribution >= 4 is 17.3 Å². The molecule has 0 fully saturated rings. The predicted octanol–water partition coefficient (Wildman–Crippen LogP) is 4.58. The number of hydrogen-bond acceptors (Lipinski definition) is 4. The zero-order chi connectivity index (χ0) is 16.1. The molecule has 0 bridgehead atoms. The Morgan fingerprint density at radius 1 is 1.04 bits per heavy atom. The van der Waals surface area contributed by atoms with Gasteiger partial charge in [0.05, 0.1) is 17.8 Å². The van der Waals surface area contributed by atoms with Crippen LogP contribution in [0, 0.1) is 0 Å². The standard InChI is InChI=1S/C19H17NO2S/c1-2-22-19(21)18-17(20-13-23-18)12-14-8-10-16(11-9-14)15-6-4-3-5-7-15/h3-11,13H,2,12H2,1H3. The molecule has 0 saturated carbocycles. The first kappa shape index (κ1) is 15.4. The first-order chi connectivity index (χ1) is 11.3. The second kappa shape index (κ2) is 7.20. The number of aromatic nitrogens is 1. The van der Waals surface area contributed by atoms with Crippen molar-refractivity contribution in [1.82, 2.24) is 4.98 Å². The fraction of sp³-hybridized carbons (Fsp3) is 0.158. The molecule has 3 rings (SSSR count). The first-order valence-corrected chi connectivity index (χ1v) is 8.39. The van der Waals surface area contributed by atoms with E-state index in [1.807, 2.05) is 18.2 Å². The summed E-state index contributed by atoms with van der Waals surface area (Å²) in [5, 5.41) is 0. The van der Waals surface area contributed by atoms with E-state index < -0.39 is 0 Å². The number of rotatable bonds is 5. The third-order valence-electron chi connectivity index (χ3n) is 3.53. The van der Waals surface area contributed by atoms with Crippen LogP contribution in [0.25, 0.3) is 11.1 Å². The van der Waals surface area contributed by atoms with Crippen LogP contribution in [-0.2, 0) is 11.2 Å². The average Bonchev–Trinajstić information content (AvgIpc) is 3.05. The molecular weight excluding hydrogens is 306 g/mol. The molecule has 23 heavy (non-hydrogen) atoms. The first-order valence-electron chi connectivity index (χ1n) is 7.51. The van der Waals surface area contributed by atoms with E-state index in [1.54, 1.807) is 12.4 Å². The lowest BCUT2D eigenvalue weighted by Gasteiger charge is -2.05. The van der Waals surface area contributed by atoms with Gasteiger partial charge >= 0.3 is 5.97 Å². The SMILES string of the molecule is CCOC(=O)c1scnc1Cc1ccc(-c2ccccc2)cc1. The lowest BCUT2D eigenvalue weighted by molar-refractivity contribution is 0.0530. The zero-order valence-corrected chi connectivity index (χ0v) is 13.7. The lowest BCUT2D eigenvalue weighted by atomic mass is 10.0. The van der Waals surface area contributed by atoms with E-state index in [2.05, 4.69) is 41.4 Å². The molecule has 1 aromatic heterocycles. The van der Waals surface area contributed by atoms with Crippen molar-refractivity contribution in [2.45, 2.75) is 13.3 Å². The monoisotopic (exact) mass is 323 g/mol. The van der Waals surface area contributed by atoms with E-state index >= 15 is 0 Å². The van der Waals surface area contributed by atoms with Crippen LogP contribution < -0.4 is 0 Å². The van der Waals surface area contributed by atoms with E-state index in [4.69, 9.17) is 4.74 Å². The summed E-state index contributed by atoms with van der Waals surface area (Å²) in [4.78, 5) is 16.8. The van der Waals surface area contributed by atoms with Gasteiger partial charge in [-0.1, -0.05) is 54.6 Å². The Balaban J connectivity index is 1.77. The molecule has 0 spiro atoms. The topological polar surface area (TPSA) is 39.2 Å². The maximum atomic E-state index is 11.9. The highest BCUT2D eigenvalue weighted by atomic mass is 32.1. The van der Waals surface area contributed by atoms with E-state index in [9.17, 15) is 4.79 Å². The summed E-state index contributed by atoms with van der Waals surface area (Å²) in [6, 6.07) is 18.6. The van der Waals surface area contributed by atoms with Crippen LogP contribution in [-0.4, -0.2) is 17.6 Å². The normalized spacial score (nSPS) is 10.5. The smallest absolute Gasteiger partial charge is 0.350 e. The molecule has 0 aliphatic heterocycles. The van der Waals surface area contributed by atoms with Crippen molar-refractivity contribution in [1.29, 1.82) is 0 Å². The Labute approximate surface area is 139 Å². The molecule has 4 heteroatoms. The quantitative estimate of drug-likeness (QED) is 0.645. The van der Waals surface area contributed by atoms with Gasteiger partial charge < -0.3 is 4.74 Å². The van der Waals surface area contributed by atoms with Crippen LogP contribution in [0.5, 0.6) is 0 Å². The minimum absolute atomic E-state index is 0.286. The highest BCUT2D eigenvalue weighted by Gasteiger charge is 2.16. The summed E-state index contributed by atoms with van der Waals surface area (Å²) in [5.41, 5.74) is 5.97. The summed E-state index contributed by atoms with van der Waals surface area (Å²) in [6.45, 7) is 2.18. The molecule has 0 amide bonds. The molecule has 0 aliphatic rings. The number of esters is 1. The van der Waals surface area contributed by atoms with Gasteiger partial charge in [0, 0.05) is 6.42 Å². The van der Waals surface area contributed by atoms with Gasteiger partial charge in [0.1, 0.15) is 4.88 Å². The number of carbonyl (C=O) groups excluding carboxylic acids is 1. The van der Waals surface area contributed by atoms with E-state index in [0.29, 0.717) is 17.9 Å². The van der Waals surface area contributed by atoms with Gasteiger partial charge in [0.2, 0.25) is 0 Å². The average molecular weight is 323 g/mol. The fourth-order valence-corrected chi connectivity index (χ4v) is 3.10. The number of carbonyl (C=O) groups is 1. The maximum Gasteiger partial charge on any atom is 0.350 e. The molecule has 116 valence electrons. The largest absolute Gasteiger partial charge is 0.462 e. The minimum Gasteiger partial charge on any atom is -0.462 e. The summed E-state index contributed by atoms with van der Waals surface area (Å²) < 4.78 is 5.07. The molecule has 0 radical (unpaired) electrons. The van der Waals surface area contributed by atoms with Gasteiger partial charge in [-0.25, -0.2) is 9.78 Å². The predicted molar refractivity (Wildman–Crippen MR) is 92.8 cm³/mol. The molecular formula is C19H17NO2S. The summed E-state index contributed by atoms with van der Waals surface area (Å²) in [7, 11) is 0. The van der Waals surface area contributed by atoms with Gasteiger partial charge in [0.15, 0.2) is 0 Å². The Hall–Kier alpha value is -2.46. The number of benzene rings is 2. The molecule has 0 N–H and O–H groups in total. The second-order valence-electron chi connectivity index (χ2n) is 5.09. The lowest BCUT2D eigenvalue weighted by Crippen LogP contribution is -2.06. The van der Waals surface area contributed by atoms with Crippen molar-refractivity contribution in [3.05, 3.63) is 76.2 Å². The van der Waals surface area contributed by atoms with Crippen LogP contribution >= 0.6 is 11.3 Å². The summed E-state index contributed by atoms with van der Waals surface area (Å²) >= 11 is 1.33. The second-order valence-corrected chi connectivity index (χ2v) is 5.94. The Morgan fingerprint density at radius 3 is 2.43 bits per heavy atom. The molecule has 2 aromatic carbocycles. The van der Waals surface area contributed by atoms with Crippen molar-refractivity contribution in [3.63, 3.8) is 0 Å². The van der Waals surface area contributed by atoms with Gasteiger partial charge in [-0.15, -0.1) is 11.3 Å². The number of thiazole rings is 1. The molecule has 3 nitrogen and oxygen atoms in total. The fourth-order valence-electron chi connectivity index (χ4n) is 2.40. The number of hydrogen-bond donors (Lipinski definition) is 0. The Morgan fingerprint density at radius 2 is 1.74 bits per heavy atom. The highest BCUT2D eigenvalue weighted by Crippen LogP contribution is 2.22. The van der Waals surface area contributed by atoms with Gasteiger partial charge in [-0.3, -0.25) is 0 Å². The van der Waals surface area contributed by atoms with Crippen molar-refractivity contribution in [2.24, 2.45) is 0 Å². The maximum absolute atomic E-state index is 11.9. The zero-order valence-electron chi connectivity index (χ0n) is 12.9. The van der Waals surface area contributed by atoms with E-state index in [-0.39, 0.29) is 5.97 Å². The molecule has 0 atom stereocenters. The molecule has 0 unspecified atom stereocenters. The van der Waals surface area contributed by atoms with Crippen molar-refractivity contribution < 1.29 is 9.53 Å². The number of nitrogens with zero attached hydrogens (tertiary/aromatic N) is 1. The molecule has 3 aromatic rings. The van der Waals surface area contributed by atoms with Crippen molar-refractivity contribution in [2.75, 3.05) is 6.61 Å². The van der Waals surface area contributed by atoms with Gasteiger partial charge in [-0.05, 0) is 23.6 Å². The summed E-state index contributed by atoms with van der Waals surface area (Å²) in [6.07, 6.45) is 0.632. The van der Waals surface area contributed by atoms with Crippen LogP contribution in [0.4, 0.5) is 0 Å². The third kappa shape index (κ3) is 3.66. The van der Waals surface area contributed by atoms with Gasteiger partial charge in [-0.2, -0.15) is 0 Å². The third-order valence-corrected chi connectivity index (χ3v) is 4.38. The van der Waals surface area contributed by atoms with E-state index in [0.717, 1.165) is 11.3 Å². The molecule has 0 aliphatic carbocycles. The summed E-state index contributed by atoms with van der Waals surface area (Å²) in [5.74, 6) is -0.286. The van der Waals surface area contributed by atoms with E-state index in [1.165, 1.54) is 22.5 Å². The molecule has 1 heterocycles. The van der Waals surface area contributed by atoms with Crippen LogP contribution in [0.15, 0.2) is 60.1 Å². The Kier molecular flexibility index (Phi) is 4.83. The number of ether oxygens (including phenoxy) is 1. The van der Waals surface area contributed by atoms with Gasteiger partial charge in [0.25, 0.3) is 0 Å². The van der Waals surface area contributed by atoms with Crippen LogP contribution in [0.2, 0.25) is 0 Å². The van der Waals surface area contributed by atoms with Crippen LogP contribution in [0.3, 0.4) is 0 Å². The molecule has 0 saturated heterocycles. The van der Waals surface area contributed by atoms with Crippen molar-refractivity contribution in [3.8, 4) is 11.1 Å². The Bertz CT molecular complexity index is 779. The van der Waals surface area contributed by atoms with Crippen LogP contribution in [0.1, 0.15) is 27.9 Å². The highest BCUT2D eigenvalue weighted by molar-refractivity contribution is 7.11.